The first-order valence-electron chi connectivity index (χ1n) is 7.81. The topological polar surface area (TPSA) is 48.5 Å². The predicted molar refractivity (Wildman–Crippen MR) is 99.2 cm³/mol. The van der Waals surface area contributed by atoms with Crippen LogP contribution in [0.15, 0.2) is 4.99 Å². The first kappa shape index (κ1) is 20.0. The maximum Gasteiger partial charge on any atom is 0.191 e. The third-order valence-corrected chi connectivity index (χ3v) is 3.33. The first-order valence-corrected chi connectivity index (χ1v) is 7.81. The summed E-state index contributed by atoms with van der Waals surface area (Å²) in [6, 6.07) is 0.613. The Morgan fingerprint density at radius 2 is 1.80 bits per heavy atom. The number of nitrogens with zero attached hydrogens (tertiary/aromatic N) is 1. The Hall–Kier alpha value is -0.0400. The molecule has 3 N–H and O–H groups in total. The summed E-state index contributed by atoms with van der Waals surface area (Å²) in [4.78, 5) is 4.64. The summed E-state index contributed by atoms with van der Waals surface area (Å²) in [6.07, 6.45) is 6.65. The van der Waals surface area contributed by atoms with E-state index in [0.29, 0.717) is 6.04 Å². The molecule has 20 heavy (non-hydrogen) atoms. The van der Waals surface area contributed by atoms with Gasteiger partial charge in [-0.3, -0.25) is 4.99 Å². The smallest absolute Gasteiger partial charge is 0.191 e. The summed E-state index contributed by atoms with van der Waals surface area (Å²) in [6.45, 7) is 11.3. The number of rotatable bonds is 5. The van der Waals surface area contributed by atoms with E-state index in [1.165, 1.54) is 32.1 Å². The van der Waals surface area contributed by atoms with Crippen molar-refractivity contribution in [2.24, 2.45) is 4.99 Å². The highest BCUT2D eigenvalue weighted by molar-refractivity contribution is 14.0. The van der Waals surface area contributed by atoms with Crippen LogP contribution < -0.4 is 16.0 Å². The molecule has 1 aliphatic carbocycles. The number of halogens is 1. The molecule has 1 fully saturated rings. The lowest BCUT2D eigenvalue weighted by Crippen LogP contribution is -2.44. The van der Waals surface area contributed by atoms with Gasteiger partial charge in [0.05, 0.1) is 6.54 Å². The van der Waals surface area contributed by atoms with Crippen molar-refractivity contribution in [3.63, 3.8) is 0 Å². The largest absolute Gasteiger partial charge is 0.357 e. The second kappa shape index (κ2) is 10.7. The van der Waals surface area contributed by atoms with Crippen molar-refractivity contribution in [1.82, 2.24) is 16.0 Å². The van der Waals surface area contributed by atoms with Crippen LogP contribution >= 0.6 is 24.0 Å². The maximum absolute atomic E-state index is 4.64. The van der Waals surface area contributed by atoms with Gasteiger partial charge in [-0.25, -0.2) is 0 Å². The monoisotopic (exact) mass is 396 g/mol. The Morgan fingerprint density at radius 3 is 2.35 bits per heavy atom. The van der Waals surface area contributed by atoms with Gasteiger partial charge in [-0.2, -0.15) is 0 Å². The van der Waals surface area contributed by atoms with Crippen LogP contribution in [0.1, 0.15) is 59.8 Å². The van der Waals surface area contributed by atoms with E-state index in [2.05, 4.69) is 48.6 Å². The molecule has 4 nitrogen and oxygen atoms in total. The highest BCUT2D eigenvalue weighted by Gasteiger charge is 2.14. The minimum absolute atomic E-state index is 0. The molecule has 0 unspecified atom stereocenters. The molecule has 0 atom stereocenters. The Balaban J connectivity index is 0.00000361. The highest BCUT2D eigenvalue weighted by atomic mass is 127. The molecule has 0 heterocycles. The quantitative estimate of drug-likeness (QED) is 0.290. The molecular weight excluding hydrogens is 363 g/mol. The number of hydrogen-bond donors (Lipinski definition) is 3. The van der Waals surface area contributed by atoms with E-state index in [0.717, 1.165) is 25.6 Å². The van der Waals surface area contributed by atoms with Crippen molar-refractivity contribution in [1.29, 1.82) is 0 Å². The molecule has 5 heteroatoms. The predicted octanol–water partition coefficient (Wildman–Crippen LogP) is 2.88. The number of nitrogens with one attached hydrogen (secondary N) is 3. The fraction of sp³-hybridized carbons (Fsp3) is 0.933. The van der Waals surface area contributed by atoms with Gasteiger partial charge >= 0.3 is 0 Å². The fourth-order valence-corrected chi connectivity index (χ4v) is 2.36. The fourth-order valence-electron chi connectivity index (χ4n) is 2.36. The van der Waals surface area contributed by atoms with E-state index >= 15 is 0 Å². The van der Waals surface area contributed by atoms with Crippen molar-refractivity contribution in [3.05, 3.63) is 0 Å². The van der Waals surface area contributed by atoms with Crippen LogP contribution in [0, 0.1) is 0 Å². The molecule has 0 radical (unpaired) electrons. The van der Waals surface area contributed by atoms with Gasteiger partial charge in [0.1, 0.15) is 0 Å². The van der Waals surface area contributed by atoms with Crippen LogP contribution in [-0.4, -0.2) is 37.2 Å². The molecule has 0 spiro atoms. The van der Waals surface area contributed by atoms with Gasteiger partial charge in [0.15, 0.2) is 5.96 Å². The molecule has 0 bridgehead atoms. The van der Waals surface area contributed by atoms with Crippen molar-refractivity contribution in [2.45, 2.75) is 71.4 Å². The molecular formula is C15H33IN4. The maximum atomic E-state index is 4.64. The second-order valence-electron chi connectivity index (χ2n) is 6.42. The minimum atomic E-state index is 0. The Bertz CT molecular complexity index is 268. The van der Waals surface area contributed by atoms with E-state index in [1.807, 2.05) is 0 Å². The third kappa shape index (κ3) is 9.80. The summed E-state index contributed by atoms with van der Waals surface area (Å²) < 4.78 is 0. The lowest BCUT2D eigenvalue weighted by atomic mass is 9.96. The Labute approximate surface area is 142 Å². The average molecular weight is 396 g/mol. The SMILES string of the molecule is CCNC(=NCCNC(C)(C)C)NC1CCCCC1.I. The van der Waals surface area contributed by atoms with Crippen molar-refractivity contribution >= 4 is 29.9 Å². The Morgan fingerprint density at radius 1 is 1.15 bits per heavy atom. The van der Waals surface area contributed by atoms with E-state index in [1.54, 1.807) is 0 Å². The number of hydrogen-bond acceptors (Lipinski definition) is 2. The van der Waals surface area contributed by atoms with E-state index < -0.39 is 0 Å². The van der Waals surface area contributed by atoms with Gasteiger partial charge in [0, 0.05) is 24.7 Å². The molecule has 1 saturated carbocycles. The van der Waals surface area contributed by atoms with Crippen LogP contribution in [0.2, 0.25) is 0 Å². The zero-order valence-electron chi connectivity index (χ0n) is 13.6. The molecule has 120 valence electrons. The lowest BCUT2D eigenvalue weighted by molar-refractivity contribution is 0.409. The molecule has 1 aliphatic rings. The average Bonchev–Trinajstić information content (AvgIpc) is 2.35. The van der Waals surface area contributed by atoms with Crippen LogP contribution in [0.25, 0.3) is 0 Å². The van der Waals surface area contributed by atoms with Gasteiger partial charge in [0.25, 0.3) is 0 Å². The van der Waals surface area contributed by atoms with Crippen LogP contribution in [0.5, 0.6) is 0 Å². The molecule has 0 saturated heterocycles. The highest BCUT2D eigenvalue weighted by Crippen LogP contribution is 2.17. The summed E-state index contributed by atoms with van der Waals surface area (Å²) in [5, 5.41) is 10.4. The van der Waals surface area contributed by atoms with E-state index in [9.17, 15) is 0 Å². The van der Waals surface area contributed by atoms with Gasteiger partial charge in [0.2, 0.25) is 0 Å². The second-order valence-corrected chi connectivity index (χ2v) is 6.42. The van der Waals surface area contributed by atoms with E-state index in [-0.39, 0.29) is 29.5 Å². The van der Waals surface area contributed by atoms with E-state index in [4.69, 9.17) is 0 Å². The van der Waals surface area contributed by atoms with Gasteiger partial charge < -0.3 is 16.0 Å². The Kier molecular flexibility index (Phi) is 10.6. The molecule has 0 aromatic rings. The zero-order chi connectivity index (χ0) is 14.1. The van der Waals surface area contributed by atoms with Gasteiger partial charge in [-0.05, 0) is 40.5 Å². The standard InChI is InChI=1S/C15H32N4.HI/c1-5-16-14(17-11-12-18-15(2,3)4)19-13-9-7-6-8-10-13;/h13,18H,5-12H2,1-4H3,(H2,16,17,19);1H. The van der Waals surface area contributed by atoms with Gasteiger partial charge in [-0.1, -0.05) is 19.3 Å². The number of guanidine groups is 1. The van der Waals surface area contributed by atoms with Crippen LogP contribution in [-0.2, 0) is 0 Å². The lowest BCUT2D eigenvalue weighted by Gasteiger charge is -2.25. The van der Waals surface area contributed by atoms with Crippen molar-refractivity contribution in [2.75, 3.05) is 19.6 Å². The van der Waals surface area contributed by atoms with Crippen molar-refractivity contribution < 1.29 is 0 Å². The molecule has 1 rings (SSSR count). The molecule has 0 aromatic carbocycles. The molecule has 0 aliphatic heterocycles. The van der Waals surface area contributed by atoms with Gasteiger partial charge in [-0.15, -0.1) is 24.0 Å². The minimum Gasteiger partial charge on any atom is -0.357 e. The summed E-state index contributed by atoms with van der Waals surface area (Å²) in [5.41, 5.74) is 0.171. The number of aliphatic imine (C=N–C) groups is 1. The summed E-state index contributed by atoms with van der Waals surface area (Å²) in [5.74, 6) is 0.977. The zero-order valence-corrected chi connectivity index (χ0v) is 15.9. The summed E-state index contributed by atoms with van der Waals surface area (Å²) in [7, 11) is 0. The van der Waals surface area contributed by atoms with Crippen LogP contribution in [0.3, 0.4) is 0 Å². The summed E-state index contributed by atoms with van der Waals surface area (Å²) >= 11 is 0. The van der Waals surface area contributed by atoms with Crippen LogP contribution in [0.4, 0.5) is 0 Å². The molecule has 0 amide bonds. The van der Waals surface area contributed by atoms with Crippen molar-refractivity contribution in [3.8, 4) is 0 Å². The normalized spacial score (nSPS) is 17.5. The molecule has 0 aromatic heterocycles. The first-order chi connectivity index (χ1) is 9.01. The third-order valence-electron chi connectivity index (χ3n) is 3.33.